The molecule has 1 heterocycles. The summed E-state index contributed by atoms with van der Waals surface area (Å²) in [5.41, 5.74) is 3.47. The van der Waals surface area contributed by atoms with Gasteiger partial charge in [0.1, 0.15) is 0 Å². The van der Waals surface area contributed by atoms with E-state index in [4.69, 9.17) is 0 Å². The summed E-state index contributed by atoms with van der Waals surface area (Å²) in [5.74, 6) is -0.151. The van der Waals surface area contributed by atoms with E-state index in [0.717, 1.165) is 17.6 Å². The van der Waals surface area contributed by atoms with Crippen LogP contribution in [0.1, 0.15) is 41.0 Å². The number of likely N-dealkylation sites (N-methyl/N-ethyl adjacent to an activating group) is 1. The Kier molecular flexibility index (Phi) is 9.33. The summed E-state index contributed by atoms with van der Waals surface area (Å²) in [6.07, 6.45) is 17.3. The van der Waals surface area contributed by atoms with E-state index in [1.807, 2.05) is 44.2 Å². The topological polar surface area (TPSA) is 49.4 Å². The standard InChI is InChI=1S/C25H34N2O2/c1-8-11-21(13-9-15-25(4,5)6)23(28)26-16-10-12-19(2)22-14-17-27(7)24(29)20(3)18-22/h8-14,16,18H,1,15,17H2,2-7H3,(H,26,28)/b13-9-,16-10-,19-12+,21-11+. The molecule has 0 aromatic rings. The third kappa shape index (κ3) is 8.77. The molecule has 0 fully saturated rings. The molecule has 0 radical (unpaired) electrons. The third-order valence-corrected chi connectivity index (χ3v) is 4.34. The van der Waals surface area contributed by atoms with Crippen LogP contribution in [0.25, 0.3) is 0 Å². The van der Waals surface area contributed by atoms with Crippen LogP contribution in [0.3, 0.4) is 0 Å². The van der Waals surface area contributed by atoms with Crippen molar-refractivity contribution in [2.45, 2.75) is 41.0 Å². The molecule has 1 aliphatic heterocycles. The van der Waals surface area contributed by atoms with Crippen molar-refractivity contribution in [1.29, 1.82) is 0 Å². The number of carbonyl (C=O) groups is 2. The highest BCUT2D eigenvalue weighted by Gasteiger charge is 2.14. The molecular formula is C25H34N2O2. The molecular weight excluding hydrogens is 360 g/mol. The zero-order valence-electron chi connectivity index (χ0n) is 18.6. The summed E-state index contributed by atoms with van der Waals surface area (Å²) >= 11 is 0. The van der Waals surface area contributed by atoms with E-state index < -0.39 is 0 Å². The Balaban J connectivity index is 2.77. The molecule has 1 N–H and O–H groups in total. The SMILES string of the molecule is C=C/C=C(\C=C/CC(C)(C)C)C(=O)N/C=C\C=C(/C)C1=CCN(C)C(=O)C(C)=C1. The molecule has 4 heteroatoms. The Morgan fingerprint density at radius 3 is 2.62 bits per heavy atom. The molecule has 0 spiro atoms. The average molecular weight is 395 g/mol. The number of nitrogens with one attached hydrogen (secondary N) is 1. The van der Waals surface area contributed by atoms with Gasteiger partial charge in [-0.3, -0.25) is 9.59 Å². The molecule has 0 saturated carbocycles. The second-order valence-corrected chi connectivity index (χ2v) is 8.38. The van der Waals surface area contributed by atoms with Crippen molar-refractivity contribution in [1.82, 2.24) is 10.2 Å². The van der Waals surface area contributed by atoms with Gasteiger partial charge in [-0.1, -0.05) is 63.8 Å². The molecule has 0 saturated heterocycles. The summed E-state index contributed by atoms with van der Waals surface area (Å²) in [4.78, 5) is 26.1. The fourth-order valence-corrected chi connectivity index (χ4v) is 2.62. The van der Waals surface area contributed by atoms with Gasteiger partial charge in [-0.15, -0.1) is 0 Å². The van der Waals surface area contributed by atoms with Crippen LogP contribution in [-0.4, -0.2) is 30.3 Å². The third-order valence-electron chi connectivity index (χ3n) is 4.34. The number of carbonyl (C=O) groups excluding carboxylic acids is 2. The van der Waals surface area contributed by atoms with E-state index in [1.54, 1.807) is 36.4 Å². The molecule has 0 aromatic heterocycles. The van der Waals surface area contributed by atoms with Gasteiger partial charge in [0.25, 0.3) is 5.91 Å². The lowest BCUT2D eigenvalue weighted by molar-refractivity contribution is -0.125. The number of nitrogens with zero attached hydrogens (tertiary/aromatic N) is 1. The normalized spacial score (nSPS) is 16.8. The molecule has 0 atom stereocenters. The zero-order valence-corrected chi connectivity index (χ0v) is 18.6. The summed E-state index contributed by atoms with van der Waals surface area (Å²) in [7, 11) is 1.79. The Hall–Kier alpha value is -2.88. The lowest BCUT2D eigenvalue weighted by atomic mass is 9.92. The minimum absolute atomic E-state index is 0.0351. The van der Waals surface area contributed by atoms with E-state index in [9.17, 15) is 9.59 Å². The highest BCUT2D eigenvalue weighted by molar-refractivity contribution is 5.97. The van der Waals surface area contributed by atoms with Crippen LogP contribution in [-0.2, 0) is 9.59 Å². The molecule has 1 aliphatic rings. The van der Waals surface area contributed by atoms with Crippen molar-refractivity contribution in [3.8, 4) is 0 Å². The van der Waals surface area contributed by atoms with Crippen molar-refractivity contribution in [2.75, 3.05) is 13.6 Å². The smallest absolute Gasteiger partial charge is 0.255 e. The largest absolute Gasteiger partial charge is 0.338 e. The summed E-state index contributed by atoms with van der Waals surface area (Å²) in [6, 6.07) is 0. The lowest BCUT2D eigenvalue weighted by Gasteiger charge is -2.14. The molecule has 0 aromatic carbocycles. The first-order valence-corrected chi connectivity index (χ1v) is 9.83. The van der Waals surface area contributed by atoms with Crippen LogP contribution >= 0.6 is 0 Å². The molecule has 0 aliphatic carbocycles. The fraction of sp³-hybridized carbons (Fsp3) is 0.360. The Bertz CT molecular complexity index is 812. The van der Waals surface area contributed by atoms with Gasteiger partial charge >= 0.3 is 0 Å². The molecule has 0 bridgehead atoms. The fourth-order valence-electron chi connectivity index (χ4n) is 2.62. The van der Waals surface area contributed by atoms with Gasteiger partial charge in [0.2, 0.25) is 5.91 Å². The van der Waals surface area contributed by atoms with E-state index in [0.29, 0.717) is 17.7 Å². The van der Waals surface area contributed by atoms with Gasteiger partial charge < -0.3 is 10.2 Å². The van der Waals surface area contributed by atoms with Crippen LogP contribution in [0, 0.1) is 5.41 Å². The second-order valence-electron chi connectivity index (χ2n) is 8.38. The number of allylic oxidation sites excluding steroid dienone is 8. The van der Waals surface area contributed by atoms with Crippen molar-refractivity contribution in [2.24, 2.45) is 5.41 Å². The van der Waals surface area contributed by atoms with Gasteiger partial charge in [-0.2, -0.15) is 0 Å². The number of rotatable bonds is 7. The van der Waals surface area contributed by atoms with Crippen molar-refractivity contribution >= 4 is 11.8 Å². The van der Waals surface area contributed by atoms with E-state index >= 15 is 0 Å². The predicted molar refractivity (Wildman–Crippen MR) is 122 cm³/mol. The van der Waals surface area contributed by atoms with E-state index in [-0.39, 0.29) is 17.2 Å². The zero-order chi connectivity index (χ0) is 22.0. The second kappa shape index (κ2) is 11.2. The van der Waals surface area contributed by atoms with Gasteiger partial charge in [0, 0.05) is 30.9 Å². The number of hydrogen-bond donors (Lipinski definition) is 1. The molecule has 4 nitrogen and oxygen atoms in total. The van der Waals surface area contributed by atoms with Gasteiger partial charge in [-0.25, -0.2) is 0 Å². The quantitative estimate of drug-likeness (QED) is 0.487. The molecule has 0 unspecified atom stereocenters. The van der Waals surface area contributed by atoms with Crippen molar-refractivity contribution in [3.05, 3.63) is 83.7 Å². The molecule has 2 amide bonds. The van der Waals surface area contributed by atoms with Crippen molar-refractivity contribution < 1.29 is 9.59 Å². The van der Waals surface area contributed by atoms with E-state index in [1.165, 1.54) is 0 Å². The van der Waals surface area contributed by atoms with Crippen LogP contribution < -0.4 is 5.32 Å². The summed E-state index contributed by atoms with van der Waals surface area (Å²) < 4.78 is 0. The maximum atomic E-state index is 12.4. The predicted octanol–water partition coefficient (Wildman–Crippen LogP) is 5.01. The minimum Gasteiger partial charge on any atom is -0.338 e. The first-order chi connectivity index (χ1) is 13.5. The first-order valence-electron chi connectivity index (χ1n) is 9.83. The number of amides is 2. The average Bonchev–Trinajstić information content (AvgIpc) is 2.77. The maximum absolute atomic E-state index is 12.4. The molecule has 156 valence electrons. The summed E-state index contributed by atoms with van der Waals surface area (Å²) in [5, 5.41) is 2.78. The number of hydrogen-bond acceptors (Lipinski definition) is 2. The maximum Gasteiger partial charge on any atom is 0.255 e. The van der Waals surface area contributed by atoms with Crippen LogP contribution in [0.4, 0.5) is 0 Å². The first kappa shape index (κ1) is 24.2. The van der Waals surface area contributed by atoms with Crippen LogP contribution in [0.15, 0.2) is 83.7 Å². The van der Waals surface area contributed by atoms with Crippen LogP contribution in [0.2, 0.25) is 0 Å². The van der Waals surface area contributed by atoms with Gasteiger partial charge in [0.05, 0.1) is 0 Å². The molecule has 1 rings (SSSR count). The van der Waals surface area contributed by atoms with Gasteiger partial charge in [0.15, 0.2) is 0 Å². The highest BCUT2D eigenvalue weighted by atomic mass is 16.2. The molecule has 29 heavy (non-hydrogen) atoms. The Labute approximate surface area is 175 Å². The van der Waals surface area contributed by atoms with Crippen LogP contribution in [0.5, 0.6) is 0 Å². The van der Waals surface area contributed by atoms with E-state index in [2.05, 4.69) is 32.7 Å². The minimum atomic E-state index is -0.186. The Morgan fingerprint density at radius 2 is 2.00 bits per heavy atom. The highest BCUT2D eigenvalue weighted by Crippen LogP contribution is 2.19. The van der Waals surface area contributed by atoms with Crippen molar-refractivity contribution in [3.63, 3.8) is 0 Å². The lowest BCUT2D eigenvalue weighted by Crippen LogP contribution is -2.26. The summed E-state index contributed by atoms with van der Waals surface area (Å²) in [6.45, 7) is 14.5. The Morgan fingerprint density at radius 1 is 1.31 bits per heavy atom. The van der Waals surface area contributed by atoms with Gasteiger partial charge in [-0.05, 0) is 49.0 Å². The monoisotopic (exact) mass is 394 g/mol.